The van der Waals surface area contributed by atoms with Crippen LogP contribution in [-0.4, -0.2) is 8.07 Å². The normalized spacial score (nSPS) is 24.0. The topological polar surface area (TPSA) is 0 Å². The first-order valence-corrected chi connectivity index (χ1v) is 17.3. The molecular formula is C20H26Cl2SiZr+2. The first kappa shape index (κ1) is 23.2. The Labute approximate surface area is 170 Å². The Bertz CT molecular complexity index is 390. The van der Waals surface area contributed by atoms with Gasteiger partial charge in [-0.3, -0.25) is 0 Å². The molecule has 0 saturated heterocycles. The predicted molar refractivity (Wildman–Crippen MR) is 107 cm³/mol. The Morgan fingerprint density at radius 2 is 1.12 bits per heavy atom. The third-order valence-corrected chi connectivity index (χ3v) is 8.77. The zero-order valence-electron chi connectivity index (χ0n) is 15.5. The Hall–Kier alpha value is 1.16. The van der Waals surface area contributed by atoms with Crippen LogP contribution in [0.25, 0.3) is 0 Å². The Kier molecular flexibility index (Phi) is 9.58. The van der Waals surface area contributed by atoms with Gasteiger partial charge in [0.2, 0.25) is 0 Å². The minimum absolute atomic E-state index is 0.826. The average molecular weight is 457 g/mol. The van der Waals surface area contributed by atoms with E-state index in [9.17, 15) is 0 Å². The third kappa shape index (κ3) is 4.71. The van der Waals surface area contributed by atoms with E-state index in [1.54, 1.807) is 0 Å². The molecule has 0 bridgehead atoms. The predicted octanol–water partition coefficient (Wildman–Crippen LogP) is 6.63. The monoisotopic (exact) mass is 454 g/mol. The van der Waals surface area contributed by atoms with E-state index in [1.165, 1.54) is 46.6 Å². The van der Waals surface area contributed by atoms with Gasteiger partial charge in [0.05, 0.1) is 8.07 Å². The number of hydrogen-bond donors (Lipinski definition) is 0. The van der Waals surface area contributed by atoms with Crippen LogP contribution in [0.15, 0.2) is 25.3 Å². The second-order valence-corrected chi connectivity index (χ2v) is 14.7. The van der Waals surface area contributed by atoms with Gasteiger partial charge < -0.3 is 0 Å². The van der Waals surface area contributed by atoms with Crippen LogP contribution < -0.4 is 0 Å². The molecule has 2 aliphatic carbocycles. The number of allylic oxidation sites excluding steroid dienone is 2. The van der Waals surface area contributed by atoms with Gasteiger partial charge in [0.25, 0.3) is 0 Å². The Morgan fingerprint density at radius 1 is 0.833 bits per heavy atom. The van der Waals surface area contributed by atoms with E-state index in [0.29, 0.717) is 0 Å². The van der Waals surface area contributed by atoms with Gasteiger partial charge >= 0.3 is 37.9 Å². The summed E-state index contributed by atoms with van der Waals surface area (Å²) in [7, 11) is 8.09. The van der Waals surface area contributed by atoms with Crippen molar-refractivity contribution in [3.8, 4) is 0 Å². The average Bonchev–Trinajstić information content (AvgIpc) is 2.98. The fraction of sp³-hybridized carbons (Fsp3) is 0.300. The van der Waals surface area contributed by atoms with Gasteiger partial charge in [-0.1, -0.05) is 52.9 Å². The van der Waals surface area contributed by atoms with E-state index in [2.05, 4.69) is 66.8 Å². The van der Waals surface area contributed by atoms with Crippen molar-refractivity contribution in [2.24, 2.45) is 0 Å². The van der Waals surface area contributed by atoms with Crippen molar-refractivity contribution in [2.45, 2.75) is 40.8 Å². The summed E-state index contributed by atoms with van der Waals surface area (Å²) in [4.78, 5) is 0. The van der Waals surface area contributed by atoms with Gasteiger partial charge in [0, 0.05) is 11.8 Å². The first-order chi connectivity index (χ1) is 11.2. The molecule has 0 spiro atoms. The van der Waals surface area contributed by atoms with E-state index < -0.39 is 28.9 Å². The van der Waals surface area contributed by atoms with Crippen molar-refractivity contribution in [3.05, 3.63) is 84.7 Å². The van der Waals surface area contributed by atoms with Crippen LogP contribution >= 0.6 is 17.0 Å². The molecule has 2 aliphatic rings. The van der Waals surface area contributed by atoms with E-state index >= 15 is 0 Å². The molecule has 0 atom stereocenters. The zero-order valence-corrected chi connectivity index (χ0v) is 20.4. The van der Waals surface area contributed by atoms with Crippen LogP contribution in [0.2, 0.25) is 13.1 Å². The maximum atomic E-state index is 4.93. The molecule has 0 N–H and O–H groups in total. The van der Waals surface area contributed by atoms with Crippen molar-refractivity contribution < 1.29 is 20.8 Å². The van der Waals surface area contributed by atoms with E-state index in [4.69, 9.17) is 17.0 Å². The number of halogens is 2. The van der Waals surface area contributed by atoms with Gasteiger partial charge in [-0.2, -0.15) is 0 Å². The van der Waals surface area contributed by atoms with Gasteiger partial charge in [-0.25, -0.2) is 0 Å². The molecule has 4 heteroatoms. The van der Waals surface area contributed by atoms with Gasteiger partial charge in [0.15, 0.2) is 0 Å². The Balaban J connectivity index is 0.000000891. The SMILES string of the molecule is C=C[C]1[CH][C](C)[C](C)[C]1[Si](C)(C)[C]1[C](C=C)[CH][C](C)[C]1C.[Cl][Zr+2][Cl]. The number of rotatable bonds is 4. The minimum atomic E-state index is -1.78. The van der Waals surface area contributed by atoms with Crippen molar-refractivity contribution in [3.63, 3.8) is 0 Å². The number of hydrogen-bond acceptors (Lipinski definition) is 0. The standard InChI is InChI=1S/C20H26Si.2ClH.Zr/c1-9-17-11-13(3)15(5)19(17)21(7,8)20-16(6)14(4)12-18(20)10-2;;;/h9-12H,1-2H2,3-8H3;2*1H;/q;;;+4/p-2. The molecule has 0 aromatic heterocycles. The molecule has 0 unspecified atom stereocenters. The molecule has 0 amide bonds. The summed E-state index contributed by atoms with van der Waals surface area (Å²) in [6, 6.07) is 0. The molecule has 2 fully saturated rings. The van der Waals surface area contributed by atoms with Crippen LogP contribution in [0.4, 0.5) is 0 Å². The van der Waals surface area contributed by atoms with E-state index in [0.717, 1.165) is 0 Å². The van der Waals surface area contributed by atoms with Crippen molar-refractivity contribution in [2.75, 3.05) is 0 Å². The van der Waals surface area contributed by atoms with Gasteiger partial charge in [-0.15, -0.1) is 13.2 Å². The van der Waals surface area contributed by atoms with Crippen molar-refractivity contribution in [1.29, 1.82) is 0 Å². The Morgan fingerprint density at radius 3 is 1.38 bits per heavy atom. The molecule has 0 aliphatic heterocycles. The molecule has 0 nitrogen and oxygen atoms in total. The fourth-order valence-corrected chi connectivity index (χ4v) is 8.07. The summed E-state index contributed by atoms with van der Waals surface area (Å²) in [5.74, 6) is 8.26. The van der Waals surface area contributed by atoms with Gasteiger partial charge in [-0.05, 0) is 47.6 Å². The van der Waals surface area contributed by atoms with Crippen molar-refractivity contribution >= 4 is 25.1 Å². The van der Waals surface area contributed by atoms with E-state index in [-0.39, 0.29) is 0 Å². The molecule has 0 heterocycles. The van der Waals surface area contributed by atoms with Crippen molar-refractivity contribution in [1.82, 2.24) is 0 Å². The second kappa shape index (κ2) is 9.91. The first-order valence-electron chi connectivity index (χ1n) is 7.93. The zero-order chi connectivity index (χ0) is 18.7. The molecule has 10 radical (unpaired) electrons. The molecule has 2 rings (SSSR count). The quantitative estimate of drug-likeness (QED) is 0.416. The van der Waals surface area contributed by atoms with Gasteiger partial charge in [0.1, 0.15) is 0 Å². The summed E-state index contributed by atoms with van der Waals surface area (Å²) < 4.78 is 0. The third-order valence-electron chi connectivity index (χ3n) is 4.94. The molecule has 24 heavy (non-hydrogen) atoms. The fourth-order valence-electron chi connectivity index (χ4n) is 3.76. The molecule has 2 saturated carbocycles. The molecule has 0 aromatic rings. The van der Waals surface area contributed by atoms with E-state index in [1.807, 2.05) is 12.2 Å². The molecule has 126 valence electrons. The maximum absolute atomic E-state index is 4.93. The molecular weight excluding hydrogens is 430 g/mol. The summed E-state index contributed by atoms with van der Waals surface area (Å²) in [5, 5.41) is 0. The van der Waals surface area contributed by atoms with Crippen LogP contribution in [0.1, 0.15) is 27.7 Å². The summed E-state index contributed by atoms with van der Waals surface area (Å²) in [6.07, 6.45) is 8.60. The van der Waals surface area contributed by atoms with Crippen LogP contribution in [0.3, 0.4) is 0 Å². The molecule has 0 aromatic carbocycles. The second-order valence-electron chi connectivity index (χ2n) is 6.67. The van der Waals surface area contributed by atoms with Crippen LogP contribution in [-0.2, 0) is 20.8 Å². The summed E-state index contributed by atoms with van der Waals surface area (Å²) in [6.45, 7) is 21.9. The van der Waals surface area contributed by atoms with Crippen LogP contribution in [0.5, 0.6) is 0 Å². The van der Waals surface area contributed by atoms with Crippen LogP contribution in [0, 0.1) is 59.4 Å². The summed E-state index contributed by atoms with van der Waals surface area (Å²) in [5.41, 5.74) is 3.07. The summed E-state index contributed by atoms with van der Waals surface area (Å²) >= 11 is -0.826.